The number of benzene rings is 3. The Balaban J connectivity index is 1.34. The molecule has 2 aromatic heterocycles. The number of nitrogens with one attached hydrogen (secondary N) is 1. The summed E-state index contributed by atoms with van der Waals surface area (Å²) in [4.78, 5) is 30.4. The second-order valence-electron chi connectivity index (χ2n) is 7.64. The first-order valence-corrected chi connectivity index (χ1v) is 12.1. The van der Waals surface area contributed by atoms with Gasteiger partial charge in [0.2, 0.25) is 5.91 Å². The van der Waals surface area contributed by atoms with Gasteiger partial charge in [0.05, 0.1) is 22.3 Å². The van der Waals surface area contributed by atoms with E-state index in [-0.39, 0.29) is 18.0 Å². The molecule has 0 aliphatic rings. The van der Waals surface area contributed by atoms with Crippen molar-refractivity contribution in [3.63, 3.8) is 0 Å². The first-order chi connectivity index (χ1) is 17.1. The number of carbonyl (C=O) groups is 1. The quantitative estimate of drug-likeness (QED) is 0.259. The van der Waals surface area contributed by atoms with E-state index in [0.29, 0.717) is 38.2 Å². The summed E-state index contributed by atoms with van der Waals surface area (Å²) in [7, 11) is 0. The number of para-hydroxylation sites is 2. The van der Waals surface area contributed by atoms with E-state index in [2.05, 4.69) is 15.6 Å². The maximum atomic E-state index is 13.3. The molecule has 0 atom stereocenters. The molecule has 8 nitrogen and oxygen atoms in total. The minimum Gasteiger partial charge on any atom is -0.324 e. The summed E-state index contributed by atoms with van der Waals surface area (Å²) >= 11 is 7.34. The van der Waals surface area contributed by atoms with Crippen molar-refractivity contribution in [3.8, 4) is 5.69 Å². The summed E-state index contributed by atoms with van der Waals surface area (Å²) in [6.07, 6.45) is 1.70. The number of rotatable bonds is 7. The van der Waals surface area contributed by atoms with E-state index in [1.165, 1.54) is 16.4 Å². The van der Waals surface area contributed by atoms with Crippen LogP contribution >= 0.6 is 23.4 Å². The summed E-state index contributed by atoms with van der Waals surface area (Å²) in [6, 6.07) is 23.6. The van der Waals surface area contributed by atoms with Gasteiger partial charge in [0.25, 0.3) is 5.56 Å². The van der Waals surface area contributed by atoms with Crippen molar-refractivity contribution in [1.82, 2.24) is 24.5 Å². The molecule has 0 spiro atoms. The van der Waals surface area contributed by atoms with Gasteiger partial charge in [0.1, 0.15) is 6.54 Å². The van der Waals surface area contributed by atoms with Crippen LogP contribution in [0.1, 0.15) is 5.69 Å². The molecule has 0 fully saturated rings. The Bertz CT molecular complexity index is 1570. The molecule has 0 bridgehead atoms. The number of nitrogens with zero attached hydrogens (tertiary/aromatic N) is 5. The molecule has 2 heterocycles. The van der Waals surface area contributed by atoms with Crippen LogP contribution in [0, 0.1) is 0 Å². The lowest BCUT2D eigenvalue weighted by Gasteiger charge is -2.12. The summed E-state index contributed by atoms with van der Waals surface area (Å²) in [6.45, 7) is 0.00707. The summed E-state index contributed by atoms with van der Waals surface area (Å²) in [5, 5.41) is 12.6. The lowest BCUT2D eigenvalue weighted by molar-refractivity contribution is -0.116. The van der Waals surface area contributed by atoms with Crippen molar-refractivity contribution >= 4 is 45.9 Å². The van der Waals surface area contributed by atoms with Gasteiger partial charge in [-0.25, -0.2) is 9.67 Å². The van der Waals surface area contributed by atoms with Crippen LogP contribution in [-0.2, 0) is 17.1 Å². The Hall–Kier alpha value is -3.95. The van der Waals surface area contributed by atoms with Crippen molar-refractivity contribution in [2.45, 2.75) is 17.5 Å². The third kappa shape index (κ3) is 5.26. The number of hydrogen-bond acceptors (Lipinski definition) is 6. The number of carbonyl (C=O) groups excluding carboxylic acids is 1. The molecule has 3 aromatic carbocycles. The van der Waals surface area contributed by atoms with E-state index < -0.39 is 0 Å². The number of fused-ring (bicyclic) bond motifs is 1. The van der Waals surface area contributed by atoms with E-state index in [1.54, 1.807) is 41.1 Å². The first-order valence-electron chi connectivity index (χ1n) is 10.7. The Morgan fingerprint density at radius 1 is 1.00 bits per heavy atom. The van der Waals surface area contributed by atoms with Crippen LogP contribution in [-0.4, -0.2) is 30.5 Å². The number of anilines is 1. The zero-order chi connectivity index (χ0) is 24.2. The average molecular weight is 503 g/mol. The Morgan fingerprint density at radius 3 is 2.63 bits per heavy atom. The maximum Gasteiger partial charge on any atom is 0.266 e. The number of halogens is 1. The molecule has 0 radical (unpaired) electrons. The smallest absolute Gasteiger partial charge is 0.266 e. The van der Waals surface area contributed by atoms with Crippen LogP contribution in [0.5, 0.6) is 0 Å². The van der Waals surface area contributed by atoms with E-state index in [9.17, 15) is 9.59 Å². The van der Waals surface area contributed by atoms with Crippen LogP contribution in [0.4, 0.5) is 5.69 Å². The fourth-order valence-electron chi connectivity index (χ4n) is 3.55. The molecule has 0 aliphatic carbocycles. The second kappa shape index (κ2) is 10.1. The SMILES string of the molecule is O=C(Cn1cc(CSc2nc3ccccc3c(=O)n2-c2ccccc2)nn1)Nc1cccc(Cl)c1. The van der Waals surface area contributed by atoms with Gasteiger partial charge in [0, 0.05) is 22.7 Å². The van der Waals surface area contributed by atoms with Gasteiger partial charge in [-0.1, -0.05) is 65.0 Å². The molecule has 1 N–H and O–H groups in total. The van der Waals surface area contributed by atoms with Crippen LogP contribution in [0.25, 0.3) is 16.6 Å². The molecule has 0 unspecified atom stereocenters. The van der Waals surface area contributed by atoms with Crippen molar-refractivity contribution in [1.29, 1.82) is 0 Å². The summed E-state index contributed by atoms with van der Waals surface area (Å²) < 4.78 is 3.07. The van der Waals surface area contributed by atoms with Gasteiger partial charge in [-0.15, -0.1) is 5.10 Å². The summed E-state index contributed by atoms with van der Waals surface area (Å²) in [5.41, 5.74) is 2.51. The Kier molecular flexibility index (Phi) is 6.60. The fraction of sp³-hybridized carbons (Fsp3) is 0.0800. The molecule has 10 heteroatoms. The molecule has 5 rings (SSSR count). The minimum absolute atomic E-state index is 0.00707. The minimum atomic E-state index is -0.245. The molecule has 0 saturated heterocycles. The van der Waals surface area contributed by atoms with Crippen molar-refractivity contribution in [3.05, 3.63) is 106 Å². The Morgan fingerprint density at radius 2 is 1.80 bits per heavy atom. The van der Waals surface area contributed by atoms with Crippen molar-refractivity contribution < 1.29 is 4.79 Å². The van der Waals surface area contributed by atoms with Crippen LogP contribution in [0.2, 0.25) is 5.02 Å². The van der Waals surface area contributed by atoms with Gasteiger partial charge in [0.15, 0.2) is 5.16 Å². The highest BCUT2D eigenvalue weighted by Gasteiger charge is 2.14. The topological polar surface area (TPSA) is 94.7 Å². The highest BCUT2D eigenvalue weighted by molar-refractivity contribution is 7.98. The van der Waals surface area contributed by atoms with Gasteiger partial charge < -0.3 is 5.32 Å². The van der Waals surface area contributed by atoms with Gasteiger partial charge in [-0.3, -0.25) is 14.2 Å². The predicted octanol–water partition coefficient (Wildman–Crippen LogP) is 4.56. The summed E-state index contributed by atoms with van der Waals surface area (Å²) in [5.74, 6) is 0.179. The van der Waals surface area contributed by atoms with E-state index in [4.69, 9.17) is 16.6 Å². The standard InChI is InChI=1S/C25H19ClN6O2S/c26-17-7-6-8-18(13-17)27-23(33)15-31-14-19(29-30-31)16-35-25-28-22-12-5-4-11-21(22)24(34)32(25)20-9-2-1-3-10-20/h1-14H,15-16H2,(H,27,33). The highest BCUT2D eigenvalue weighted by Crippen LogP contribution is 2.24. The Labute approximate surface area is 209 Å². The molecule has 0 aliphatic heterocycles. The van der Waals surface area contributed by atoms with Crippen LogP contribution in [0.15, 0.2) is 95.0 Å². The number of amides is 1. The third-order valence-electron chi connectivity index (χ3n) is 5.11. The molecular weight excluding hydrogens is 484 g/mol. The first kappa shape index (κ1) is 22.8. The zero-order valence-electron chi connectivity index (χ0n) is 18.3. The highest BCUT2D eigenvalue weighted by atomic mass is 35.5. The molecule has 1 amide bonds. The number of aromatic nitrogens is 5. The van der Waals surface area contributed by atoms with Crippen LogP contribution < -0.4 is 10.9 Å². The normalized spacial score (nSPS) is 11.0. The molecule has 5 aromatic rings. The van der Waals surface area contributed by atoms with Gasteiger partial charge in [-0.05, 0) is 42.5 Å². The fourth-order valence-corrected chi connectivity index (χ4v) is 4.63. The van der Waals surface area contributed by atoms with Crippen molar-refractivity contribution in [2.24, 2.45) is 0 Å². The largest absolute Gasteiger partial charge is 0.324 e. The molecule has 0 saturated carbocycles. The molecule has 174 valence electrons. The van der Waals surface area contributed by atoms with Crippen LogP contribution in [0.3, 0.4) is 0 Å². The monoisotopic (exact) mass is 502 g/mol. The second-order valence-corrected chi connectivity index (χ2v) is 9.02. The third-order valence-corrected chi connectivity index (χ3v) is 6.32. The average Bonchev–Trinajstić information content (AvgIpc) is 3.30. The van der Waals surface area contributed by atoms with Crippen molar-refractivity contribution in [2.75, 3.05) is 5.32 Å². The maximum absolute atomic E-state index is 13.3. The van der Waals surface area contributed by atoms with E-state index in [1.807, 2.05) is 48.5 Å². The van der Waals surface area contributed by atoms with Gasteiger partial charge >= 0.3 is 0 Å². The lowest BCUT2D eigenvalue weighted by Crippen LogP contribution is -2.21. The van der Waals surface area contributed by atoms with E-state index in [0.717, 1.165) is 5.69 Å². The van der Waals surface area contributed by atoms with Gasteiger partial charge in [-0.2, -0.15) is 0 Å². The number of thioether (sulfide) groups is 1. The zero-order valence-corrected chi connectivity index (χ0v) is 19.9. The predicted molar refractivity (Wildman–Crippen MR) is 137 cm³/mol. The number of hydrogen-bond donors (Lipinski definition) is 1. The molecule has 35 heavy (non-hydrogen) atoms. The lowest BCUT2D eigenvalue weighted by atomic mass is 10.2. The van der Waals surface area contributed by atoms with E-state index >= 15 is 0 Å². The molecular formula is C25H19ClN6O2S.